The van der Waals surface area contributed by atoms with Gasteiger partial charge in [0, 0.05) is 6.61 Å². The summed E-state index contributed by atoms with van der Waals surface area (Å²) in [6.45, 7) is 7.07. The molecular weight excluding hydrogens is 124 g/mol. The van der Waals surface area contributed by atoms with Crippen molar-refractivity contribution in [3.8, 4) is 0 Å². The van der Waals surface area contributed by atoms with Crippen LogP contribution in [0, 0.1) is 17.3 Å². The first kappa shape index (κ1) is 8.06. The van der Waals surface area contributed by atoms with Crippen LogP contribution >= 0.6 is 0 Å². The van der Waals surface area contributed by atoms with Crippen LogP contribution < -0.4 is 0 Å². The second kappa shape index (κ2) is 2.54. The number of rotatable bonds is 2. The van der Waals surface area contributed by atoms with Crippen LogP contribution in [0.2, 0.25) is 0 Å². The van der Waals surface area contributed by atoms with E-state index in [0.29, 0.717) is 6.61 Å². The van der Waals surface area contributed by atoms with Crippen LogP contribution in [0.25, 0.3) is 0 Å². The summed E-state index contributed by atoms with van der Waals surface area (Å²) in [5.41, 5.74) is 0.273. The molecule has 0 aromatic rings. The van der Waals surface area contributed by atoms with Crippen LogP contribution in [0.15, 0.2) is 0 Å². The van der Waals surface area contributed by atoms with E-state index in [1.807, 2.05) is 0 Å². The number of hydrogen-bond donors (Lipinski definition) is 1. The Morgan fingerprint density at radius 3 is 2.30 bits per heavy atom. The normalized spacial score (nSPS) is 39.9. The van der Waals surface area contributed by atoms with E-state index in [1.54, 1.807) is 0 Å². The van der Waals surface area contributed by atoms with Crippen LogP contribution in [-0.4, -0.2) is 11.7 Å². The monoisotopic (exact) mass is 142 g/mol. The Labute approximate surface area is 63.4 Å². The van der Waals surface area contributed by atoms with E-state index in [1.165, 1.54) is 12.8 Å². The first-order chi connectivity index (χ1) is 4.57. The Bertz CT molecular complexity index is 112. The van der Waals surface area contributed by atoms with Crippen molar-refractivity contribution in [2.45, 2.75) is 33.6 Å². The summed E-state index contributed by atoms with van der Waals surface area (Å²) >= 11 is 0. The Morgan fingerprint density at radius 2 is 2.00 bits per heavy atom. The predicted molar refractivity (Wildman–Crippen MR) is 42.8 cm³/mol. The van der Waals surface area contributed by atoms with Gasteiger partial charge in [0.15, 0.2) is 0 Å². The first-order valence-electron chi connectivity index (χ1n) is 4.18. The Kier molecular flexibility index (Phi) is 2.04. The second-order valence-corrected chi connectivity index (χ2v) is 4.38. The molecular formula is C9H18O. The molecule has 60 valence electrons. The summed E-state index contributed by atoms with van der Waals surface area (Å²) in [5, 5.41) is 8.94. The fraction of sp³-hybridized carbons (Fsp3) is 1.00. The summed E-state index contributed by atoms with van der Waals surface area (Å²) in [4.78, 5) is 0. The van der Waals surface area contributed by atoms with E-state index in [0.717, 1.165) is 11.8 Å². The highest BCUT2D eigenvalue weighted by Gasteiger charge is 2.40. The summed E-state index contributed by atoms with van der Waals surface area (Å²) in [7, 11) is 0. The third-order valence-corrected chi connectivity index (χ3v) is 2.83. The fourth-order valence-corrected chi connectivity index (χ4v) is 1.81. The average molecular weight is 142 g/mol. The van der Waals surface area contributed by atoms with Crippen molar-refractivity contribution in [1.29, 1.82) is 0 Å². The molecule has 1 N–H and O–H groups in total. The van der Waals surface area contributed by atoms with Crippen molar-refractivity contribution in [3.63, 3.8) is 0 Å². The van der Waals surface area contributed by atoms with Crippen molar-refractivity contribution >= 4 is 0 Å². The van der Waals surface area contributed by atoms with E-state index in [2.05, 4.69) is 20.8 Å². The third-order valence-electron chi connectivity index (χ3n) is 2.83. The van der Waals surface area contributed by atoms with E-state index < -0.39 is 0 Å². The maximum Gasteiger partial charge on any atom is 0.0484 e. The third kappa shape index (κ3) is 1.34. The molecule has 0 aromatic heterocycles. The Hall–Kier alpha value is -0.0400. The van der Waals surface area contributed by atoms with Gasteiger partial charge in [-0.2, -0.15) is 0 Å². The zero-order chi connectivity index (χ0) is 7.78. The highest BCUT2D eigenvalue weighted by atomic mass is 16.3. The lowest BCUT2D eigenvalue weighted by Crippen LogP contribution is -2.39. The molecule has 1 nitrogen and oxygen atoms in total. The molecule has 0 saturated heterocycles. The van der Waals surface area contributed by atoms with Gasteiger partial charge in [-0.1, -0.05) is 20.8 Å². The lowest BCUT2D eigenvalue weighted by atomic mass is 9.60. The van der Waals surface area contributed by atoms with Crippen molar-refractivity contribution in [2.24, 2.45) is 17.3 Å². The van der Waals surface area contributed by atoms with Gasteiger partial charge in [0.1, 0.15) is 0 Å². The van der Waals surface area contributed by atoms with E-state index in [4.69, 9.17) is 5.11 Å². The first-order valence-corrected chi connectivity index (χ1v) is 4.18. The van der Waals surface area contributed by atoms with Gasteiger partial charge in [0.25, 0.3) is 0 Å². The van der Waals surface area contributed by atoms with E-state index in [9.17, 15) is 0 Å². The largest absolute Gasteiger partial charge is 0.396 e. The Balaban J connectivity index is 2.29. The van der Waals surface area contributed by atoms with Gasteiger partial charge in [-0.25, -0.2) is 0 Å². The summed E-state index contributed by atoms with van der Waals surface area (Å²) in [6, 6.07) is 0. The minimum absolute atomic E-state index is 0.273. The average Bonchev–Trinajstić information content (AvgIpc) is 1.80. The molecule has 0 unspecified atom stereocenters. The Morgan fingerprint density at radius 1 is 1.50 bits per heavy atom. The highest BCUT2D eigenvalue weighted by molar-refractivity contribution is 4.90. The van der Waals surface area contributed by atoms with Crippen LogP contribution in [0.4, 0.5) is 0 Å². The minimum atomic E-state index is 0.273. The van der Waals surface area contributed by atoms with Crippen molar-refractivity contribution in [2.75, 3.05) is 6.61 Å². The summed E-state index contributed by atoms with van der Waals surface area (Å²) in [6.07, 6.45) is 2.45. The van der Waals surface area contributed by atoms with Crippen LogP contribution in [0.1, 0.15) is 33.6 Å². The smallest absolute Gasteiger partial charge is 0.0484 e. The number of aliphatic hydroxyl groups is 1. The maximum absolute atomic E-state index is 8.94. The van der Waals surface area contributed by atoms with Gasteiger partial charge in [-0.15, -0.1) is 0 Å². The molecule has 10 heavy (non-hydrogen) atoms. The molecule has 0 atom stereocenters. The van der Waals surface area contributed by atoms with Crippen LogP contribution in [0.3, 0.4) is 0 Å². The molecule has 1 rings (SSSR count). The molecule has 0 bridgehead atoms. The molecule has 0 heterocycles. The van der Waals surface area contributed by atoms with Gasteiger partial charge in [-0.3, -0.25) is 0 Å². The van der Waals surface area contributed by atoms with Crippen molar-refractivity contribution < 1.29 is 5.11 Å². The topological polar surface area (TPSA) is 20.2 Å². The number of aliphatic hydroxyl groups excluding tert-OH is 1. The van der Waals surface area contributed by atoms with E-state index >= 15 is 0 Å². The quantitative estimate of drug-likeness (QED) is 0.625. The van der Waals surface area contributed by atoms with Gasteiger partial charge < -0.3 is 5.11 Å². The molecule has 0 aliphatic heterocycles. The zero-order valence-corrected chi connectivity index (χ0v) is 7.22. The fourth-order valence-electron chi connectivity index (χ4n) is 1.81. The molecule has 0 aromatic carbocycles. The SMILES string of the molecule is CC(C)C1CC(C)(CO)C1. The molecule has 0 amide bonds. The van der Waals surface area contributed by atoms with Gasteiger partial charge in [0.05, 0.1) is 0 Å². The maximum atomic E-state index is 8.94. The molecule has 1 saturated carbocycles. The molecule has 0 spiro atoms. The van der Waals surface area contributed by atoms with Gasteiger partial charge >= 0.3 is 0 Å². The molecule has 1 aliphatic carbocycles. The predicted octanol–water partition coefficient (Wildman–Crippen LogP) is 2.05. The van der Waals surface area contributed by atoms with Crippen LogP contribution in [-0.2, 0) is 0 Å². The standard InChI is InChI=1S/C9H18O/c1-7(2)8-4-9(3,5-8)6-10/h7-8,10H,4-6H2,1-3H3. The van der Waals surface area contributed by atoms with Gasteiger partial charge in [0.2, 0.25) is 0 Å². The second-order valence-electron chi connectivity index (χ2n) is 4.38. The lowest BCUT2D eigenvalue weighted by Gasteiger charge is -2.46. The molecule has 1 aliphatic rings. The highest BCUT2D eigenvalue weighted by Crippen LogP contribution is 2.47. The molecule has 1 fully saturated rings. The van der Waals surface area contributed by atoms with Crippen LogP contribution in [0.5, 0.6) is 0 Å². The summed E-state index contributed by atoms with van der Waals surface area (Å²) < 4.78 is 0. The zero-order valence-electron chi connectivity index (χ0n) is 7.22. The molecule has 1 heteroatoms. The number of hydrogen-bond acceptors (Lipinski definition) is 1. The van der Waals surface area contributed by atoms with Gasteiger partial charge in [-0.05, 0) is 30.1 Å². The summed E-state index contributed by atoms with van der Waals surface area (Å²) in [5.74, 6) is 1.68. The molecule has 0 radical (unpaired) electrons. The van der Waals surface area contributed by atoms with Crippen molar-refractivity contribution in [3.05, 3.63) is 0 Å². The minimum Gasteiger partial charge on any atom is -0.396 e. The lowest BCUT2D eigenvalue weighted by molar-refractivity contribution is -0.00857. The van der Waals surface area contributed by atoms with E-state index in [-0.39, 0.29) is 5.41 Å². The van der Waals surface area contributed by atoms with Crippen molar-refractivity contribution in [1.82, 2.24) is 0 Å².